The van der Waals surface area contributed by atoms with Gasteiger partial charge in [-0.1, -0.05) is 35.9 Å². The second-order valence-electron chi connectivity index (χ2n) is 6.43. The van der Waals surface area contributed by atoms with E-state index in [0.29, 0.717) is 22.0 Å². The minimum Gasteiger partial charge on any atom is -0.495 e. The molecule has 0 saturated heterocycles. The lowest BCUT2D eigenvalue weighted by Gasteiger charge is -2.17. The zero-order valence-corrected chi connectivity index (χ0v) is 17.3. The SMILES string of the molecule is COc1ccc(N2C(=O)C(Nc3ccccc3C)=C(c3cccs3)C2=O)cc1Cl. The summed E-state index contributed by atoms with van der Waals surface area (Å²) in [6, 6.07) is 16.1. The van der Waals surface area contributed by atoms with Crippen LogP contribution in [0.5, 0.6) is 5.75 Å². The Kier molecular flexibility index (Phi) is 5.13. The number of carbonyl (C=O) groups excluding carboxylic acids is 2. The molecule has 29 heavy (non-hydrogen) atoms. The number of rotatable bonds is 5. The monoisotopic (exact) mass is 424 g/mol. The van der Waals surface area contributed by atoms with Gasteiger partial charge in [0.15, 0.2) is 0 Å². The van der Waals surface area contributed by atoms with Gasteiger partial charge in [0.25, 0.3) is 11.8 Å². The molecule has 0 fully saturated rings. The molecular weight excluding hydrogens is 408 g/mol. The van der Waals surface area contributed by atoms with Gasteiger partial charge in [-0.3, -0.25) is 9.59 Å². The molecule has 0 bridgehead atoms. The number of para-hydroxylation sites is 1. The molecule has 0 aliphatic carbocycles. The van der Waals surface area contributed by atoms with Gasteiger partial charge >= 0.3 is 0 Å². The molecule has 5 nitrogen and oxygen atoms in total. The van der Waals surface area contributed by atoms with E-state index < -0.39 is 11.8 Å². The number of hydrogen-bond acceptors (Lipinski definition) is 5. The second kappa shape index (κ2) is 7.73. The summed E-state index contributed by atoms with van der Waals surface area (Å²) >= 11 is 7.63. The van der Waals surface area contributed by atoms with Gasteiger partial charge in [0, 0.05) is 10.6 Å². The van der Waals surface area contributed by atoms with Gasteiger partial charge in [-0.2, -0.15) is 0 Å². The van der Waals surface area contributed by atoms with Gasteiger partial charge in [-0.15, -0.1) is 11.3 Å². The van der Waals surface area contributed by atoms with Crippen molar-refractivity contribution in [3.63, 3.8) is 0 Å². The fourth-order valence-electron chi connectivity index (χ4n) is 3.17. The summed E-state index contributed by atoms with van der Waals surface area (Å²) in [5.41, 5.74) is 2.73. The van der Waals surface area contributed by atoms with Crippen molar-refractivity contribution in [2.45, 2.75) is 6.92 Å². The Balaban J connectivity index is 1.80. The second-order valence-corrected chi connectivity index (χ2v) is 7.79. The van der Waals surface area contributed by atoms with Crippen LogP contribution >= 0.6 is 22.9 Å². The minimum atomic E-state index is -0.428. The van der Waals surface area contributed by atoms with Crippen LogP contribution in [-0.4, -0.2) is 18.9 Å². The number of aryl methyl sites for hydroxylation is 1. The Morgan fingerprint density at radius 1 is 1.03 bits per heavy atom. The first kappa shape index (κ1) is 19.2. The highest BCUT2D eigenvalue weighted by atomic mass is 35.5. The topological polar surface area (TPSA) is 58.6 Å². The van der Waals surface area contributed by atoms with Crippen LogP contribution in [0.4, 0.5) is 11.4 Å². The standard InChI is InChI=1S/C22H17ClN2O3S/c1-13-6-3-4-7-16(13)24-20-19(18-8-5-11-29-18)21(26)25(22(20)27)14-9-10-17(28-2)15(23)12-14/h3-12,24H,1-2H3. The van der Waals surface area contributed by atoms with E-state index >= 15 is 0 Å². The van der Waals surface area contributed by atoms with E-state index in [9.17, 15) is 9.59 Å². The van der Waals surface area contributed by atoms with Crippen LogP contribution in [0.2, 0.25) is 5.02 Å². The first-order valence-electron chi connectivity index (χ1n) is 8.84. The van der Waals surface area contributed by atoms with Crippen molar-refractivity contribution in [1.29, 1.82) is 0 Å². The highest BCUT2D eigenvalue weighted by Gasteiger charge is 2.41. The molecule has 0 atom stereocenters. The number of halogens is 1. The normalized spacial score (nSPS) is 14.0. The average Bonchev–Trinajstić information content (AvgIpc) is 3.30. The first-order valence-corrected chi connectivity index (χ1v) is 10.1. The molecule has 2 aromatic carbocycles. The number of methoxy groups -OCH3 is 1. The van der Waals surface area contributed by atoms with Crippen molar-refractivity contribution in [1.82, 2.24) is 0 Å². The van der Waals surface area contributed by atoms with E-state index in [1.54, 1.807) is 18.2 Å². The van der Waals surface area contributed by atoms with E-state index in [1.165, 1.54) is 18.4 Å². The molecule has 0 saturated carbocycles. The number of carbonyl (C=O) groups is 2. The highest BCUT2D eigenvalue weighted by Crippen LogP contribution is 2.38. The number of nitrogens with one attached hydrogen (secondary N) is 1. The number of amides is 2. The van der Waals surface area contributed by atoms with Gasteiger partial charge < -0.3 is 10.1 Å². The lowest BCUT2D eigenvalue weighted by molar-refractivity contribution is -0.120. The molecule has 4 rings (SSSR count). The number of anilines is 2. The molecule has 1 aliphatic heterocycles. The lowest BCUT2D eigenvalue weighted by Crippen LogP contribution is -2.32. The maximum Gasteiger partial charge on any atom is 0.282 e. The Morgan fingerprint density at radius 3 is 2.48 bits per heavy atom. The van der Waals surface area contributed by atoms with Crippen molar-refractivity contribution in [2.75, 3.05) is 17.3 Å². The Bertz CT molecular complexity index is 1140. The van der Waals surface area contributed by atoms with Crippen LogP contribution < -0.4 is 15.0 Å². The summed E-state index contributed by atoms with van der Waals surface area (Å²) < 4.78 is 5.17. The lowest BCUT2D eigenvalue weighted by atomic mass is 10.1. The largest absolute Gasteiger partial charge is 0.495 e. The molecule has 1 aliphatic rings. The summed E-state index contributed by atoms with van der Waals surface area (Å²) in [6.07, 6.45) is 0. The molecule has 0 spiro atoms. The van der Waals surface area contributed by atoms with Gasteiger partial charge in [-0.05, 0) is 48.2 Å². The first-order chi connectivity index (χ1) is 14.0. The number of nitrogens with zero attached hydrogens (tertiary/aromatic N) is 1. The van der Waals surface area contributed by atoms with E-state index in [2.05, 4.69) is 5.32 Å². The fourth-order valence-corrected chi connectivity index (χ4v) is 4.19. The molecule has 3 aromatic rings. The summed E-state index contributed by atoms with van der Waals surface area (Å²) in [7, 11) is 1.51. The summed E-state index contributed by atoms with van der Waals surface area (Å²) in [5, 5.41) is 5.38. The van der Waals surface area contributed by atoms with Crippen LogP contribution in [-0.2, 0) is 9.59 Å². The molecule has 0 radical (unpaired) electrons. The van der Waals surface area contributed by atoms with Gasteiger partial charge in [0.2, 0.25) is 0 Å². The zero-order valence-electron chi connectivity index (χ0n) is 15.7. The molecule has 0 unspecified atom stereocenters. The van der Waals surface area contributed by atoms with Crippen LogP contribution in [0.1, 0.15) is 10.4 Å². The van der Waals surface area contributed by atoms with Crippen molar-refractivity contribution in [2.24, 2.45) is 0 Å². The summed E-state index contributed by atoms with van der Waals surface area (Å²) in [5.74, 6) is -0.350. The van der Waals surface area contributed by atoms with Crippen LogP contribution in [0, 0.1) is 6.92 Å². The summed E-state index contributed by atoms with van der Waals surface area (Å²) in [4.78, 5) is 28.5. The van der Waals surface area contributed by atoms with Crippen LogP contribution in [0.15, 0.2) is 65.7 Å². The molecule has 1 aromatic heterocycles. The van der Waals surface area contributed by atoms with E-state index in [1.807, 2.05) is 48.7 Å². The maximum absolute atomic E-state index is 13.3. The zero-order chi connectivity index (χ0) is 20.5. The third kappa shape index (κ3) is 3.41. The van der Waals surface area contributed by atoms with Crippen molar-refractivity contribution in [3.05, 3.63) is 81.1 Å². The van der Waals surface area contributed by atoms with Crippen LogP contribution in [0.25, 0.3) is 5.57 Å². The van der Waals surface area contributed by atoms with Gasteiger partial charge in [0.1, 0.15) is 11.4 Å². The smallest absolute Gasteiger partial charge is 0.282 e. The van der Waals surface area contributed by atoms with Gasteiger partial charge in [0.05, 0.1) is 23.4 Å². The Labute approximate surface area is 177 Å². The average molecular weight is 425 g/mol. The van der Waals surface area contributed by atoms with Crippen molar-refractivity contribution < 1.29 is 14.3 Å². The van der Waals surface area contributed by atoms with Crippen LogP contribution in [0.3, 0.4) is 0 Å². The quantitative estimate of drug-likeness (QED) is 0.578. The predicted molar refractivity (Wildman–Crippen MR) is 117 cm³/mol. The number of benzene rings is 2. The molecule has 7 heteroatoms. The third-order valence-corrected chi connectivity index (χ3v) is 5.83. The minimum absolute atomic E-state index is 0.249. The molecule has 2 heterocycles. The van der Waals surface area contributed by atoms with E-state index in [-0.39, 0.29) is 5.70 Å². The number of thiophene rings is 1. The maximum atomic E-state index is 13.3. The molecule has 146 valence electrons. The van der Waals surface area contributed by atoms with E-state index in [4.69, 9.17) is 16.3 Å². The number of hydrogen-bond donors (Lipinski definition) is 1. The van der Waals surface area contributed by atoms with Crippen molar-refractivity contribution in [3.8, 4) is 5.75 Å². The molecular formula is C22H17ClN2O3S. The molecule has 2 amide bonds. The molecule has 1 N–H and O–H groups in total. The Morgan fingerprint density at radius 2 is 1.83 bits per heavy atom. The van der Waals surface area contributed by atoms with E-state index in [0.717, 1.165) is 21.0 Å². The highest BCUT2D eigenvalue weighted by molar-refractivity contribution is 7.11. The van der Waals surface area contributed by atoms with Crippen molar-refractivity contribution >= 4 is 51.7 Å². The van der Waals surface area contributed by atoms with Gasteiger partial charge in [-0.25, -0.2) is 4.90 Å². The Hall–Kier alpha value is -3.09. The summed E-state index contributed by atoms with van der Waals surface area (Å²) in [6.45, 7) is 1.94. The number of imide groups is 1. The fraction of sp³-hybridized carbons (Fsp3) is 0.0909. The number of ether oxygens (including phenoxy) is 1. The third-order valence-electron chi connectivity index (χ3n) is 4.65. The predicted octanol–water partition coefficient (Wildman–Crippen LogP) is 5.12.